The van der Waals surface area contributed by atoms with E-state index in [0.29, 0.717) is 24.3 Å². The van der Waals surface area contributed by atoms with Gasteiger partial charge < -0.3 is 20.7 Å². The number of nitrogens with one attached hydrogen (secondary N) is 3. The second-order valence-corrected chi connectivity index (χ2v) is 9.61. The van der Waals surface area contributed by atoms with Gasteiger partial charge in [0, 0.05) is 29.4 Å². The van der Waals surface area contributed by atoms with Gasteiger partial charge in [0.1, 0.15) is 11.2 Å². The SMILES string of the molecule is O=C(Nc1cn2nc(Oc3ccc(NC(=O)C4(C(=O)Nc5cccc(F)c5)CC4)cc3F)ccc2n1)C1CC1. The molecule has 6 rings (SSSR count). The quantitative estimate of drug-likeness (QED) is 0.287. The third-order valence-corrected chi connectivity index (χ3v) is 6.60. The van der Waals surface area contributed by atoms with Crippen molar-refractivity contribution in [3.8, 4) is 11.6 Å². The van der Waals surface area contributed by atoms with E-state index in [0.717, 1.165) is 25.0 Å². The molecule has 0 atom stereocenters. The Kier molecular flexibility index (Phi) is 5.93. The fraction of sp³-hybridized carbons (Fsp3) is 0.222. The topological polar surface area (TPSA) is 127 Å². The number of hydrogen-bond donors (Lipinski definition) is 3. The Morgan fingerprint density at radius 2 is 1.67 bits per heavy atom. The standard InChI is InChI=1S/C27H22F2N6O4/c28-16-2-1-3-17(12-16)30-25(37)27(10-11-27)26(38)31-18-6-7-20(19(29)13-18)39-23-9-8-22-32-21(14-35(22)34-23)33-24(36)15-4-5-15/h1-3,6-9,12-15H,4-5,10-11H2,(H,30,37)(H,31,38)(H,33,36). The minimum Gasteiger partial charge on any atom is -0.434 e. The van der Waals surface area contributed by atoms with E-state index >= 15 is 0 Å². The Balaban J connectivity index is 1.10. The molecule has 0 spiro atoms. The molecule has 10 nitrogen and oxygen atoms in total. The molecule has 2 fully saturated rings. The van der Waals surface area contributed by atoms with Gasteiger partial charge in [-0.2, -0.15) is 0 Å². The Hall–Kier alpha value is -4.87. The van der Waals surface area contributed by atoms with Crippen LogP contribution in [0.4, 0.5) is 26.0 Å². The molecule has 12 heteroatoms. The van der Waals surface area contributed by atoms with Gasteiger partial charge in [-0.3, -0.25) is 14.4 Å². The first-order valence-electron chi connectivity index (χ1n) is 12.3. The maximum atomic E-state index is 14.8. The number of amides is 3. The van der Waals surface area contributed by atoms with Crippen molar-refractivity contribution in [2.24, 2.45) is 11.3 Å². The molecule has 2 aliphatic rings. The van der Waals surface area contributed by atoms with E-state index in [1.165, 1.54) is 47.1 Å². The van der Waals surface area contributed by atoms with Crippen LogP contribution in [0.3, 0.4) is 0 Å². The summed E-state index contributed by atoms with van der Waals surface area (Å²) in [6.07, 6.45) is 3.91. The molecule has 2 aromatic carbocycles. The third-order valence-electron chi connectivity index (χ3n) is 6.60. The lowest BCUT2D eigenvalue weighted by Crippen LogP contribution is -2.35. The van der Waals surface area contributed by atoms with Crippen LogP contribution < -0.4 is 20.7 Å². The van der Waals surface area contributed by atoms with Crippen molar-refractivity contribution in [2.45, 2.75) is 25.7 Å². The molecular formula is C27H22F2N6O4. The number of carbonyl (C=O) groups excluding carboxylic acids is 3. The lowest BCUT2D eigenvalue weighted by Gasteiger charge is -2.16. The molecule has 198 valence electrons. The molecule has 0 radical (unpaired) electrons. The number of benzene rings is 2. The fourth-order valence-electron chi connectivity index (χ4n) is 4.08. The highest BCUT2D eigenvalue weighted by Crippen LogP contribution is 2.47. The van der Waals surface area contributed by atoms with Crippen molar-refractivity contribution < 1.29 is 27.9 Å². The molecule has 0 aliphatic heterocycles. The average molecular weight is 533 g/mol. The normalized spacial score (nSPS) is 15.4. The number of anilines is 3. The van der Waals surface area contributed by atoms with Crippen molar-refractivity contribution in [1.29, 1.82) is 0 Å². The van der Waals surface area contributed by atoms with E-state index in [1.54, 1.807) is 6.07 Å². The van der Waals surface area contributed by atoms with Crippen LogP contribution in [0.15, 0.2) is 60.8 Å². The summed E-state index contributed by atoms with van der Waals surface area (Å²) in [4.78, 5) is 41.8. The summed E-state index contributed by atoms with van der Waals surface area (Å²) in [5.74, 6) is -2.14. The summed E-state index contributed by atoms with van der Waals surface area (Å²) in [5, 5.41) is 12.1. The summed E-state index contributed by atoms with van der Waals surface area (Å²) < 4.78 is 35.3. The van der Waals surface area contributed by atoms with Crippen molar-refractivity contribution in [3.05, 3.63) is 72.4 Å². The Bertz CT molecular complexity index is 1630. The Morgan fingerprint density at radius 3 is 2.33 bits per heavy atom. The maximum Gasteiger partial charge on any atom is 0.240 e. The molecule has 2 aliphatic carbocycles. The monoisotopic (exact) mass is 532 g/mol. The van der Waals surface area contributed by atoms with Crippen LogP contribution in [0.25, 0.3) is 5.65 Å². The number of rotatable bonds is 8. The van der Waals surface area contributed by atoms with Crippen molar-refractivity contribution in [2.75, 3.05) is 16.0 Å². The van der Waals surface area contributed by atoms with E-state index in [-0.39, 0.29) is 34.8 Å². The van der Waals surface area contributed by atoms with E-state index in [2.05, 4.69) is 26.0 Å². The van der Waals surface area contributed by atoms with Crippen molar-refractivity contribution in [1.82, 2.24) is 14.6 Å². The number of ether oxygens (including phenoxy) is 1. The predicted octanol–water partition coefficient (Wildman–Crippen LogP) is 4.51. The molecule has 0 bridgehead atoms. The molecule has 3 amide bonds. The number of fused-ring (bicyclic) bond motifs is 1. The molecule has 0 saturated heterocycles. The molecule has 2 saturated carbocycles. The highest BCUT2D eigenvalue weighted by atomic mass is 19.1. The fourth-order valence-corrected chi connectivity index (χ4v) is 4.08. The maximum absolute atomic E-state index is 14.8. The minimum absolute atomic E-state index is 0.0320. The van der Waals surface area contributed by atoms with Gasteiger partial charge in [0.2, 0.25) is 23.6 Å². The third kappa shape index (κ3) is 5.13. The van der Waals surface area contributed by atoms with E-state index in [4.69, 9.17) is 4.74 Å². The first kappa shape index (κ1) is 24.5. The molecule has 0 unspecified atom stereocenters. The number of aromatic nitrogens is 3. The van der Waals surface area contributed by atoms with Gasteiger partial charge in [-0.15, -0.1) is 5.10 Å². The summed E-state index contributed by atoms with van der Waals surface area (Å²) in [6.45, 7) is 0. The number of carbonyl (C=O) groups is 3. The Morgan fingerprint density at radius 1 is 0.923 bits per heavy atom. The van der Waals surface area contributed by atoms with E-state index < -0.39 is 28.9 Å². The number of nitrogens with zero attached hydrogens (tertiary/aromatic N) is 3. The highest BCUT2D eigenvalue weighted by molar-refractivity contribution is 6.16. The predicted molar refractivity (Wildman–Crippen MR) is 136 cm³/mol. The smallest absolute Gasteiger partial charge is 0.240 e. The molecular weight excluding hydrogens is 510 g/mol. The van der Waals surface area contributed by atoms with Crippen molar-refractivity contribution in [3.63, 3.8) is 0 Å². The number of halogens is 2. The molecule has 2 aromatic heterocycles. The zero-order valence-corrected chi connectivity index (χ0v) is 20.4. The zero-order valence-electron chi connectivity index (χ0n) is 20.4. The molecule has 39 heavy (non-hydrogen) atoms. The molecule has 2 heterocycles. The van der Waals surface area contributed by atoms with E-state index in [9.17, 15) is 23.2 Å². The summed E-state index contributed by atoms with van der Waals surface area (Å²) in [6, 6.07) is 12.4. The van der Waals surface area contributed by atoms with Gasteiger partial charge in [0.05, 0.1) is 6.20 Å². The summed E-state index contributed by atoms with van der Waals surface area (Å²) in [7, 11) is 0. The largest absolute Gasteiger partial charge is 0.434 e. The van der Waals surface area contributed by atoms with Crippen LogP contribution >= 0.6 is 0 Å². The molecule has 3 N–H and O–H groups in total. The zero-order chi connectivity index (χ0) is 27.1. The van der Waals surface area contributed by atoms with Crippen molar-refractivity contribution >= 4 is 40.6 Å². The van der Waals surface area contributed by atoms with Gasteiger partial charge >= 0.3 is 0 Å². The first-order chi connectivity index (χ1) is 18.8. The highest BCUT2D eigenvalue weighted by Gasteiger charge is 2.56. The minimum atomic E-state index is -1.31. The second-order valence-electron chi connectivity index (χ2n) is 9.61. The first-order valence-corrected chi connectivity index (χ1v) is 12.3. The number of imidazole rings is 1. The van der Waals surface area contributed by atoms with Gasteiger partial charge in [-0.05, 0) is 62.1 Å². The van der Waals surface area contributed by atoms with Crippen LogP contribution in [-0.4, -0.2) is 32.3 Å². The van der Waals surface area contributed by atoms with Gasteiger partial charge in [0.15, 0.2) is 23.0 Å². The van der Waals surface area contributed by atoms with Crippen LogP contribution in [0.5, 0.6) is 11.6 Å². The van der Waals surface area contributed by atoms with Gasteiger partial charge in [-0.25, -0.2) is 18.3 Å². The van der Waals surface area contributed by atoms with Crippen LogP contribution in [-0.2, 0) is 14.4 Å². The van der Waals surface area contributed by atoms with Gasteiger partial charge in [-0.1, -0.05) is 6.07 Å². The van der Waals surface area contributed by atoms with Gasteiger partial charge in [0.25, 0.3) is 0 Å². The lowest BCUT2D eigenvalue weighted by atomic mass is 10.0. The number of hydrogen-bond acceptors (Lipinski definition) is 6. The second kappa shape index (κ2) is 9.46. The summed E-state index contributed by atoms with van der Waals surface area (Å²) in [5.41, 5.74) is -0.446. The molecule has 4 aromatic rings. The van der Waals surface area contributed by atoms with E-state index in [1.807, 2.05) is 0 Å². The van der Waals surface area contributed by atoms with Crippen LogP contribution in [0, 0.1) is 23.0 Å². The van der Waals surface area contributed by atoms with Crippen LogP contribution in [0.2, 0.25) is 0 Å². The Labute approximate surface area is 220 Å². The lowest BCUT2D eigenvalue weighted by molar-refractivity contribution is -0.131. The average Bonchev–Trinajstić information content (AvgIpc) is 3.82. The van der Waals surface area contributed by atoms with Crippen LogP contribution in [0.1, 0.15) is 25.7 Å². The summed E-state index contributed by atoms with van der Waals surface area (Å²) >= 11 is 0.